The van der Waals surface area contributed by atoms with Gasteiger partial charge in [0.1, 0.15) is 17.1 Å². The molecule has 0 fully saturated rings. The summed E-state index contributed by atoms with van der Waals surface area (Å²) in [5, 5.41) is 1.05. The molecule has 4 heteroatoms. The van der Waals surface area contributed by atoms with E-state index in [0.29, 0.717) is 0 Å². The third-order valence-electron chi connectivity index (χ3n) is 4.34. The van der Waals surface area contributed by atoms with E-state index in [4.69, 9.17) is 9.47 Å². The van der Waals surface area contributed by atoms with Crippen molar-refractivity contribution in [1.29, 1.82) is 0 Å². The van der Waals surface area contributed by atoms with Crippen LogP contribution in [0.5, 0.6) is 11.5 Å². The highest BCUT2D eigenvalue weighted by atomic mass is 16.5. The Hall–Kier alpha value is -3.27. The Morgan fingerprint density at radius 2 is 1.68 bits per heavy atom. The zero-order valence-corrected chi connectivity index (χ0v) is 14.1. The van der Waals surface area contributed by atoms with E-state index >= 15 is 0 Å². The average molecular weight is 330 g/mol. The van der Waals surface area contributed by atoms with E-state index in [0.717, 1.165) is 44.8 Å². The number of H-pyrrole nitrogens is 1. The highest BCUT2D eigenvalue weighted by Gasteiger charge is 2.14. The van der Waals surface area contributed by atoms with Crippen LogP contribution in [0.1, 0.15) is 0 Å². The van der Waals surface area contributed by atoms with Crippen LogP contribution in [0.4, 0.5) is 0 Å². The van der Waals surface area contributed by atoms with E-state index in [2.05, 4.69) is 28.2 Å². The van der Waals surface area contributed by atoms with Gasteiger partial charge in [0.15, 0.2) is 0 Å². The monoisotopic (exact) mass is 330 g/mol. The number of pyridine rings is 1. The number of fused-ring (bicyclic) bond motifs is 1. The molecule has 4 aromatic rings. The second kappa shape index (κ2) is 6.32. The van der Waals surface area contributed by atoms with Crippen molar-refractivity contribution in [2.24, 2.45) is 0 Å². The van der Waals surface area contributed by atoms with Gasteiger partial charge in [-0.2, -0.15) is 0 Å². The second-order valence-corrected chi connectivity index (χ2v) is 5.75. The molecule has 0 aliphatic rings. The molecule has 4 rings (SSSR count). The highest BCUT2D eigenvalue weighted by molar-refractivity contribution is 5.97. The number of methoxy groups -OCH3 is 2. The zero-order valence-electron chi connectivity index (χ0n) is 14.1. The number of nitrogens with zero attached hydrogens (tertiary/aromatic N) is 1. The Kier molecular flexibility index (Phi) is 3.86. The molecule has 0 saturated heterocycles. The summed E-state index contributed by atoms with van der Waals surface area (Å²) < 4.78 is 10.9. The number of aromatic nitrogens is 2. The van der Waals surface area contributed by atoms with Crippen molar-refractivity contribution in [3.05, 3.63) is 67.0 Å². The first-order chi connectivity index (χ1) is 12.3. The number of hydrogen-bond acceptors (Lipinski definition) is 3. The van der Waals surface area contributed by atoms with Crippen molar-refractivity contribution in [3.63, 3.8) is 0 Å². The van der Waals surface area contributed by atoms with Crippen molar-refractivity contribution >= 4 is 11.0 Å². The number of nitrogens with one attached hydrogen (secondary N) is 1. The molecule has 0 atom stereocenters. The summed E-state index contributed by atoms with van der Waals surface area (Å²) in [5.41, 5.74) is 5.08. The normalized spacial score (nSPS) is 10.8. The molecule has 1 N–H and O–H groups in total. The summed E-state index contributed by atoms with van der Waals surface area (Å²) in [6.07, 6.45) is 3.85. The topological polar surface area (TPSA) is 47.1 Å². The van der Waals surface area contributed by atoms with Crippen LogP contribution in [0.15, 0.2) is 67.0 Å². The van der Waals surface area contributed by atoms with Crippen LogP contribution in [0, 0.1) is 0 Å². The Morgan fingerprint density at radius 3 is 2.44 bits per heavy atom. The Balaban J connectivity index is 1.91. The Labute approximate surface area is 146 Å². The van der Waals surface area contributed by atoms with Gasteiger partial charge in [0.25, 0.3) is 0 Å². The fourth-order valence-corrected chi connectivity index (χ4v) is 3.04. The lowest BCUT2D eigenvalue weighted by atomic mass is 10.0. The molecule has 0 bridgehead atoms. The fourth-order valence-electron chi connectivity index (χ4n) is 3.04. The maximum atomic E-state index is 5.54. The molecule has 0 aliphatic heterocycles. The quantitative estimate of drug-likeness (QED) is 0.578. The predicted molar refractivity (Wildman–Crippen MR) is 100 cm³/mol. The number of benzene rings is 2. The summed E-state index contributed by atoms with van der Waals surface area (Å²) >= 11 is 0. The number of aromatic amines is 1. The van der Waals surface area contributed by atoms with Crippen LogP contribution < -0.4 is 9.47 Å². The van der Waals surface area contributed by atoms with E-state index in [9.17, 15) is 0 Å². The molecule has 2 aromatic carbocycles. The molecular formula is C21H18N2O2. The zero-order chi connectivity index (χ0) is 17.2. The molecule has 2 aromatic heterocycles. The highest BCUT2D eigenvalue weighted by Crippen LogP contribution is 2.38. The van der Waals surface area contributed by atoms with Crippen molar-refractivity contribution in [2.75, 3.05) is 14.2 Å². The molecule has 0 radical (unpaired) electrons. The van der Waals surface area contributed by atoms with E-state index in [-0.39, 0.29) is 0 Å². The van der Waals surface area contributed by atoms with Gasteiger partial charge >= 0.3 is 0 Å². The maximum Gasteiger partial charge on any atom is 0.137 e. The van der Waals surface area contributed by atoms with Crippen molar-refractivity contribution in [1.82, 2.24) is 9.97 Å². The fraction of sp³-hybridized carbons (Fsp3) is 0.0952. The van der Waals surface area contributed by atoms with Gasteiger partial charge in [-0.15, -0.1) is 0 Å². The minimum Gasteiger partial charge on any atom is -0.497 e. The first kappa shape index (κ1) is 15.3. The van der Waals surface area contributed by atoms with Crippen LogP contribution in [-0.2, 0) is 0 Å². The summed E-state index contributed by atoms with van der Waals surface area (Å²) in [7, 11) is 3.34. The Morgan fingerprint density at radius 1 is 0.840 bits per heavy atom. The molecule has 0 aliphatic carbocycles. The molecule has 0 unspecified atom stereocenters. The molecule has 124 valence electrons. The van der Waals surface area contributed by atoms with Crippen LogP contribution in [0.25, 0.3) is 33.3 Å². The lowest BCUT2D eigenvalue weighted by Gasteiger charge is -2.10. The van der Waals surface area contributed by atoms with E-state index in [1.165, 1.54) is 0 Å². The largest absolute Gasteiger partial charge is 0.497 e. The van der Waals surface area contributed by atoms with Gasteiger partial charge in [-0.1, -0.05) is 30.3 Å². The maximum absolute atomic E-state index is 5.54. The van der Waals surface area contributed by atoms with Gasteiger partial charge in [-0.3, -0.25) is 0 Å². The van der Waals surface area contributed by atoms with Crippen molar-refractivity contribution in [2.45, 2.75) is 0 Å². The van der Waals surface area contributed by atoms with E-state index in [1.54, 1.807) is 14.2 Å². The number of rotatable bonds is 4. The second-order valence-electron chi connectivity index (χ2n) is 5.75. The molecule has 0 spiro atoms. The van der Waals surface area contributed by atoms with Crippen LogP contribution in [-0.4, -0.2) is 24.2 Å². The minimum atomic E-state index is 0.789. The van der Waals surface area contributed by atoms with Crippen LogP contribution >= 0.6 is 0 Å². The van der Waals surface area contributed by atoms with Gasteiger partial charge in [0.2, 0.25) is 0 Å². The molecule has 25 heavy (non-hydrogen) atoms. The van der Waals surface area contributed by atoms with Crippen LogP contribution in [0.2, 0.25) is 0 Å². The Bertz CT molecular complexity index is 1020. The van der Waals surface area contributed by atoms with Gasteiger partial charge < -0.3 is 14.5 Å². The molecule has 0 saturated carbocycles. The molecule has 0 amide bonds. The lowest BCUT2D eigenvalue weighted by molar-refractivity contribution is 0.404. The smallest absolute Gasteiger partial charge is 0.137 e. The van der Waals surface area contributed by atoms with Crippen molar-refractivity contribution in [3.8, 4) is 33.8 Å². The molecular weight excluding hydrogens is 312 g/mol. The van der Waals surface area contributed by atoms with Gasteiger partial charge in [0.05, 0.1) is 14.2 Å². The van der Waals surface area contributed by atoms with E-state index < -0.39 is 0 Å². The molecule has 2 heterocycles. The first-order valence-corrected chi connectivity index (χ1v) is 8.05. The van der Waals surface area contributed by atoms with Gasteiger partial charge in [-0.05, 0) is 29.8 Å². The van der Waals surface area contributed by atoms with Crippen molar-refractivity contribution < 1.29 is 9.47 Å². The van der Waals surface area contributed by atoms with E-state index in [1.807, 2.05) is 48.8 Å². The summed E-state index contributed by atoms with van der Waals surface area (Å²) in [6.45, 7) is 0. The molecule has 4 nitrogen and oxygen atoms in total. The summed E-state index contributed by atoms with van der Waals surface area (Å²) in [4.78, 5) is 7.82. The first-order valence-electron chi connectivity index (χ1n) is 8.05. The standard InChI is InChI=1S/C21H18N2O2/c1-24-16-8-9-20(25-2)17(11-16)19-13-23-21-18(19)10-15(12-22-21)14-6-4-3-5-7-14/h3-13H,1-2H3,(H,22,23). The third-order valence-corrected chi connectivity index (χ3v) is 4.34. The van der Waals surface area contributed by atoms with Gasteiger partial charge in [0, 0.05) is 34.5 Å². The predicted octanol–water partition coefficient (Wildman–Crippen LogP) is 4.91. The summed E-state index contributed by atoms with van der Waals surface area (Å²) in [6, 6.07) is 18.2. The lowest BCUT2D eigenvalue weighted by Crippen LogP contribution is -1.90. The number of ether oxygens (including phenoxy) is 2. The SMILES string of the molecule is COc1ccc(OC)c(-c2c[nH]c3ncc(-c4ccccc4)cc23)c1. The summed E-state index contributed by atoms with van der Waals surface area (Å²) in [5.74, 6) is 1.59. The number of hydrogen-bond donors (Lipinski definition) is 1. The van der Waals surface area contributed by atoms with Crippen LogP contribution in [0.3, 0.4) is 0 Å². The average Bonchev–Trinajstić information content (AvgIpc) is 3.11. The van der Waals surface area contributed by atoms with Gasteiger partial charge in [-0.25, -0.2) is 4.98 Å². The third kappa shape index (κ3) is 2.72. The minimum absolute atomic E-state index is 0.789.